The van der Waals surface area contributed by atoms with Crippen molar-refractivity contribution in [1.29, 1.82) is 0 Å². The van der Waals surface area contributed by atoms with E-state index in [9.17, 15) is 0 Å². The molecule has 0 atom stereocenters. The summed E-state index contributed by atoms with van der Waals surface area (Å²) < 4.78 is 0. The van der Waals surface area contributed by atoms with Crippen LogP contribution in [0.5, 0.6) is 0 Å². The number of benzene rings is 2. The molecule has 0 spiro atoms. The predicted molar refractivity (Wildman–Crippen MR) is 73.8 cm³/mol. The zero-order valence-electron chi connectivity index (χ0n) is 8.87. The molecule has 0 aliphatic carbocycles. The van der Waals surface area contributed by atoms with Gasteiger partial charge in [0, 0.05) is 16.1 Å². The quantitative estimate of drug-likeness (QED) is 0.624. The molecule has 0 aliphatic heterocycles. The smallest absolute Gasteiger partial charge is 0.0648 e. The number of para-hydroxylation sites is 1. The highest BCUT2D eigenvalue weighted by Gasteiger charge is 2.05. The molecule has 0 fully saturated rings. The van der Waals surface area contributed by atoms with Gasteiger partial charge in [-0.2, -0.15) is 0 Å². The first-order valence-corrected chi connectivity index (χ1v) is 6.03. The van der Waals surface area contributed by atoms with Gasteiger partial charge in [-0.3, -0.25) is 0 Å². The molecular formula is C14H9Cl2N. The second kappa shape index (κ2) is 4.10. The minimum atomic E-state index is 0.729. The third-order valence-corrected chi connectivity index (χ3v) is 3.29. The normalized spacial score (nSPS) is 10.9. The average Bonchev–Trinajstić information content (AvgIpc) is 2.74. The Labute approximate surface area is 109 Å². The van der Waals surface area contributed by atoms with Crippen molar-refractivity contribution in [3.8, 4) is 11.3 Å². The summed E-state index contributed by atoms with van der Waals surface area (Å²) in [6, 6.07) is 15.7. The van der Waals surface area contributed by atoms with E-state index in [-0.39, 0.29) is 0 Å². The SMILES string of the molecule is Clc1cccc(-c2cc3cccc(Cl)c3[nH]2)c1. The van der Waals surface area contributed by atoms with Crippen LogP contribution < -0.4 is 0 Å². The van der Waals surface area contributed by atoms with E-state index < -0.39 is 0 Å². The van der Waals surface area contributed by atoms with Crippen LogP contribution in [-0.4, -0.2) is 4.98 Å². The summed E-state index contributed by atoms with van der Waals surface area (Å²) in [6.45, 7) is 0. The molecule has 1 N–H and O–H groups in total. The van der Waals surface area contributed by atoms with E-state index in [1.165, 1.54) is 0 Å². The summed E-state index contributed by atoms with van der Waals surface area (Å²) in [4.78, 5) is 3.32. The van der Waals surface area contributed by atoms with Gasteiger partial charge in [0.15, 0.2) is 0 Å². The largest absolute Gasteiger partial charge is 0.353 e. The van der Waals surface area contributed by atoms with E-state index in [0.717, 1.165) is 32.2 Å². The van der Waals surface area contributed by atoms with Crippen molar-refractivity contribution in [2.24, 2.45) is 0 Å². The summed E-state index contributed by atoms with van der Waals surface area (Å²) in [5.74, 6) is 0. The van der Waals surface area contributed by atoms with Gasteiger partial charge >= 0.3 is 0 Å². The first kappa shape index (κ1) is 10.7. The van der Waals surface area contributed by atoms with Gasteiger partial charge in [-0.05, 0) is 29.8 Å². The van der Waals surface area contributed by atoms with Crippen LogP contribution in [0, 0.1) is 0 Å². The maximum Gasteiger partial charge on any atom is 0.0648 e. The Morgan fingerprint density at radius 3 is 2.47 bits per heavy atom. The van der Waals surface area contributed by atoms with E-state index in [1.54, 1.807) is 0 Å². The number of nitrogens with one attached hydrogen (secondary N) is 1. The molecule has 1 nitrogen and oxygen atoms in total. The predicted octanol–water partition coefficient (Wildman–Crippen LogP) is 5.14. The molecule has 1 aromatic heterocycles. The summed E-state index contributed by atoms with van der Waals surface area (Å²) >= 11 is 12.1. The third kappa shape index (κ3) is 1.92. The minimum Gasteiger partial charge on any atom is -0.353 e. The zero-order chi connectivity index (χ0) is 11.8. The number of rotatable bonds is 1. The van der Waals surface area contributed by atoms with Crippen molar-refractivity contribution >= 4 is 34.1 Å². The maximum absolute atomic E-state index is 6.13. The van der Waals surface area contributed by atoms with Crippen molar-refractivity contribution < 1.29 is 0 Å². The number of hydrogen-bond donors (Lipinski definition) is 1. The number of aromatic nitrogens is 1. The monoisotopic (exact) mass is 261 g/mol. The number of aromatic amines is 1. The fourth-order valence-corrected chi connectivity index (χ4v) is 2.35. The molecular weight excluding hydrogens is 253 g/mol. The second-order valence-corrected chi connectivity index (χ2v) is 4.74. The Morgan fingerprint density at radius 1 is 0.882 bits per heavy atom. The number of hydrogen-bond acceptors (Lipinski definition) is 0. The van der Waals surface area contributed by atoms with Gasteiger partial charge in [0.05, 0.1) is 10.5 Å². The Balaban J connectivity index is 2.22. The van der Waals surface area contributed by atoms with Crippen LogP contribution in [-0.2, 0) is 0 Å². The molecule has 17 heavy (non-hydrogen) atoms. The molecule has 0 saturated heterocycles. The summed E-state index contributed by atoms with van der Waals surface area (Å²) in [5, 5.41) is 2.57. The van der Waals surface area contributed by atoms with E-state index in [0.29, 0.717) is 0 Å². The van der Waals surface area contributed by atoms with Crippen LogP contribution in [0.4, 0.5) is 0 Å². The molecule has 3 heteroatoms. The molecule has 3 rings (SSSR count). The Kier molecular flexibility index (Phi) is 2.58. The van der Waals surface area contributed by atoms with Gasteiger partial charge in [0.1, 0.15) is 0 Å². The Hall–Kier alpha value is -1.44. The lowest BCUT2D eigenvalue weighted by Crippen LogP contribution is -1.76. The standard InChI is InChI=1S/C14H9Cl2N/c15-11-5-1-3-9(7-11)13-8-10-4-2-6-12(16)14(10)17-13/h1-8,17H. The summed E-state index contributed by atoms with van der Waals surface area (Å²) in [7, 11) is 0. The van der Waals surface area contributed by atoms with E-state index in [4.69, 9.17) is 23.2 Å². The van der Waals surface area contributed by atoms with Gasteiger partial charge in [0.25, 0.3) is 0 Å². The van der Waals surface area contributed by atoms with Crippen LogP contribution in [0.2, 0.25) is 10.0 Å². The van der Waals surface area contributed by atoms with Crippen molar-refractivity contribution in [3.05, 3.63) is 58.6 Å². The Bertz CT molecular complexity index is 686. The molecule has 0 bridgehead atoms. The lowest BCUT2D eigenvalue weighted by atomic mass is 10.1. The summed E-state index contributed by atoms with van der Waals surface area (Å²) in [6.07, 6.45) is 0. The second-order valence-electron chi connectivity index (χ2n) is 3.90. The lowest BCUT2D eigenvalue weighted by Gasteiger charge is -1.97. The van der Waals surface area contributed by atoms with Crippen molar-refractivity contribution in [3.63, 3.8) is 0 Å². The number of halogens is 2. The average molecular weight is 262 g/mol. The highest BCUT2D eigenvalue weighted by molar-refractivity contribution is 6.35. The zero-order valence-corrected chi connectivity index (χ0v) is 10.4. The topological polar surface area (TPSA) is 15.8 Å². The number of H-pyrrole nitrogens is 1. The first-order chi connectivity index (χ1) is 8.24. The fraction of sp³-hybridized carbons (Fsp3) is 0. The van der Waals surface area contributed by atoms with Gasteiger partial charge in [-0.1, -0.05) is 47.5 Å². The minimum absolute atomic E-state index is 0.729. The molecule has 84 valence electrons. The van der Waals surface area contributed by atoms with Crippen molar-refractivity contribution in [2.45, 2.75) is 0 Å². The Morgan fingerprint density at radius 2 is 1.71 bits per heavy atom. The van der Waals surface area contributed by atoms with E-state index in [1.807, 2.05) is 42.5 Å². The third-order valence-electron chi connectivity index (χ3n) is 2.74. The van der Waals surface area contributed by atoms with Crippen LogP contribution in [0.25, 0.3) is 22.2 Å². The fourth-order valence-electron chi connectivity index (χ4n) is 1.93. The van der Waals surface area contributed by atoms with Crippen LogP contribution in [0.3, 0.4) is 0 Å². The summed E-state index contributed by atoms with van der Waals surface area (Å²) in [5.41, 5.74) is 3.05. The molecule has 0 saturated carbocycles. The van der Waals surface area contributed by atoms with Gasteiger partial charge < -0.3 is 4.98 Å². The molecule has 1 heterocycles. The van der Waals surface area contributed by atoms with E-state index >= 15 is 0 Å². The number of fused-ring (bicyclic) bond motifs is 1. The van der Waals surface area contributed by atoms with Crippen LogP contribution in [0.15, 0.2) is 48.5 Å². The lowest BCUT2D eigenvalue weighted by molar-refractivity contribution is 1.45. The molecule has 0 radical (unpaired) electrons. The molecule has 0 aliphatic rings. The molecule has 0 amide bonds. The van der Waals surface area contributed by atoms with Gasteiger partial charge in [-0.15, -0.1) is 0 Å². The maximum atomic E-state index is 6.13. The van der Waals surface area contributed by atoms with E-state index in [2.05, 4.69) is 11.1 Å². The van der Waals surface area contributed by atoms with Crippen LogP contribution in [0.1, 0.15) is 0 Å². The van der Waals surface area contributed by atoms with Crippen molar-refractivity contribution in [2.75, 3.05) is 0 Å². The van der Waals surface area contributed by atoms with Gasteiger partial charge in [-0.25, -0.2) is 0 Å². The molecule has 0 unspecified atom stereocenters. The first-order valence-electron chi connectivity index (χ1n) is 5.27. The highest BCUT2D eigenvalue weighted by atomic mass is 35.5. The highest BCUT2D eigenvalue weighted by Crippen LogP contribution is 2.29. The molecule has 3 aromatic rings. The molecule has 2 aromatic carbocycles. The van der Waals surface area contributed by atoms with Crippen LogP contribution >= 0.6 is 23.2 Å². The van der Waals surface area contributed by atoms with Crippen molar-refractivity contribution in [1.82, 2.24) is 4.98 Å². The van der Waals surface area contributed by atoms with Gasteiger partial charge in [0.2, 0.25) is 0 Å².